The molecule has 0 saturated heterocycles. The van der Waals surface area contributed by atoms with Gasteiger partial charge in [-0.1, -0.05) is 19.3 Å². The van der Waals surface area contributed by atoms with Crippen molar-refractivity contribution < 1.29 is 13.3 Å². The quantitative estimate of drug-likeness (QED) is 0.526. The van der Waals surface area contributed by atoms with Crippen LogP contribution in [0.1, 0.15) is 52.9 Å². The summed E-state index contributed by atoms with van der Waals surface area (Å²) in [6.45, 7) is 5.74. The summed E-state index contributed by atoms with van der Waals surface area (Å²) in [6, 6.07) is 4.02. The maximum atomic E-state index is 12.5. The summed E-state index contributed by atoms with van der Waals surface area (Å²) < 4.78 is 27.6. The Hall–Kier alpha value is -1.71. The van der Waals surface area contributed by atoms with E-state index < -0.39 is 20.5 Å². The van der Waals surface area contributed by atoms with Gasteiger partial charge in [0.25, 0.3) is 5.69 Å². The molecule has 1 saturated carbocycles. The molecule has 0 radical (unpaired) electrons. The number of nitrogens with zero attached hydrogens (tertiary/aromatic N) is 2. The Labute approximate surface area is 167 Å². The predicted octanol–water partition coefficient (Wildman–Crippen LogP) is 3.35. The van der Waals surface area contributed by atoms with Gasteiger partial charge in [0.15, 0.2) is 0 Å². The molecule has 0 amide bonds. The fourth-order valence-electron chi connectivity index (χ4n) is 3.69. The summed E-state index contributed by atoms with van der Waals surface area (Å²) in [4.78, 5) is 13.1. The highest BCUT2D eigenvalue weighted by molar-refractivity contribution is 7.89. The van der Waals surface area contributed by atoms with E-state index in [-0.39, 0.29) is 16.1 Å². The third-order valence-corrected chi connectivity index (χ3v) is 7.01. The zero-order chi connectivity index (χ0) is 21.2. The van der Waals surface area contributed by atoms with Gasteiger partial charge in [-0.2, -0.15) is 0 Å². The van der Waals surface area contributed by atoms with Crippen molar-refractivity contribution in [1.82, 2.24) is 9.62 Å². The highest BCUT2D eigenvalue weighted by atomic mass is 32.2. The van der Waals surface area contributed by atoms with Crippen LogP contribution < -0.4 is 10.0 Å². The molecule has 2 rings (SSSR count). The van der Waals surface area contributed by atoms with Crippen molar-refractivity contribution in [1.29, 1.82) is 0 Å². The van der Waals surface area contributed by atoms with Gasteiger partial charge in [-0.15, -0.1) is 0 Å². The van der Waals surface area contributed by atoms with E-state index in [4.69, 9.17) is 0 Å². The van der Waals surface area contributed by atoms with E-state index in [0.29, 0.717) is 12.2 Å². The van der Waals surface area contributed by atoms with Gasteiger partial charge in [-0.25, -0.2) is 13.1 Å². The van der Waals surface area contributed by atoms with Crippen LogP contribution >= 0.6 is 0 Å². The summed E-state index contributed by atoms with van der Waals surface area (Å²) in [5, 5.41) is 14.8. The van der Waals surface area contributed by atoms with Crippen LogP contribution in [0.25, 0.3) is 0 Å². The van der Waals surface area contributed by atoms with Crippen LogP contribution in [-0.2, 0) is 10.0 Å². The summed E-state index contributed by atoms with van der Waals surface area (Å²) in [5.41, 5.74) is -0.623. The maximum absolute atomic E-state index is 12.5. The summed E-state index contributed by atoms with van der Waals surface area (Å²) in [7, 11) is 0.232. The molecular weight excluding hydrogens is 380 g/mol. The van der Waals surface area contributed by atoms with Crippen LogP contribution in [0.2, 0.25) is 0 Å². The second kappa shape index (κ2) is 8.34. The largest absolute Gasteiger partial charge is 0.378 e. The molecule has 0 heterocycles. The molecule has 0 aromatic heterocycles. The first-order valence-corrected chi connectivity index (χ1v) is 11.1. The molecule has 0 atom stereocenters. The Balaban J connectivity index is 2.29. The normalized spacial score (nSPS) is 17.5. The zero-order valence-corrected chi connectivity index (χ0v) is 18.2. The second-order valence-electron chi connectivity index (χ2n) is 8.82. The van der Waals surface area contributed by atoms with E-state index in [0.717, 1.165) is 31.7 Å². The minimum atomic E-state index is -3.84. The lowest BCUT2D eigenvalue weighted by atomic mass is 9.80. The van der Waals surface area contributed by atoms with E-state index in [1.54, 1.807) is 20.8 Å². The Morgan fingerprint density at radius 3 is 2.29 bits per heavy atom. The van der Waals surface area contributed by atoms with Crippen molar-refractivity contribution in [3.8, 4) is 0 Å². The highest BCUT2D eigenvalue weighted by Crippen LogP contribution is 2.34. The van der Waals surface area contributed by atoms with Crippen LogP contribution in [0.15, 0.2) is 23.1 Å². The number of nitro groups is 1. The topological polar surface area (TPSA) is 105 Å². The van der Waals surface area contributed by atoms with Crippen molar-refractivity contribution >= 4 is 21.4 Å². The van der Waals surface area contributed by atoms with Gasteiger partial charge in [0.1, 0.15) is 5.69 Å². The molecule has 2 N–H and O–H groups in total. The average Bonchev–Trinajstić information content (AvgIpc) is 2.58. The van der Waals surface area contributed by atoms with Crippen molar-refractivity contribution in [3.05, 3.63) is 28.3 Å². The fraction of sp³-hybridized carbons (Fsp3) is 0.684. The van der Waals surface area contributed by atoms with E-state index in [1.165, 1.54) is 18.6 Å². The molecule has 0 bridgehead atoms. The molecule has 0 aliphatic heterocycles. The van der Waals surface area contributed by atoms with Crippen LogP contribution in [0.4, 0.5) is 11.4 Å². The summed E-state index contributed by atoms with van der Waals surface area (Å²) in [5.74, 6) is 0. The fourth-order valence-corrected chi connectivity index (χ4v) is 5.13. The summed E-state index contributed by atoms with van der Waals surface area (Å²) >= 11 is 0. The number of likely N-dealkylation sites (N-methyl/N-ethyl adjacent to an activating group) is 1. The number of rotatable bonds is 7. The van der Waals surface area contributed by atoms with Gasteiger partial charge >= 0.3 is 0 Å². The number of sulfonamides is 1. The van der Waals surface area contributed by atoms with Gasteiger partial charge in [-0.05, 0) is 59.8 Å². The molecule has 0 unspecified atom stereocenters. The van der Waals surface area contributed by atoms with Crippen molar-refractivity contribution in [3.63, 3.8) is 0 Å². The van der Waals surface area contributed by atoms with E-state index >= 15 is 0 Å². The lowest BCUT2D eigenvalue weighted by Gasteiger charge is -2.43. The van der Waals surface area contributed by atoms with E-state index in [1.807, 2.05) is 14.1 Å². The number of nitro benzene ring substituents is 1. The predicted molar refractivity (Wildman–Crippen MR) is 111 cm³/mol. The third kappa shape index (κ3) is 5.42. The Morgan fingerprint density at radius 1 is 1.18 bits per heavy atom. The first-order chi connectivity index (χ1) is 12.9. The lowest BCUT2D eigenvalue weighted by Crippen LogP contribution is -2.51. The molecule has 1 aliphatic carbocycles. The molecule has 1 fully saturated rings. The van der Waals surface area contributed by atoms with Crippen molar-refractivity contribution in [2.24, 2.45) is 0 Å². The Kier molecular flexibility index (Phi) is 6.73. The number of benzene rings is 1. The summed E-state index contributed by atoms with van der Waals surface area (Å²) in [6.07, 6.45) is 5.55. The number of anilines is 1. The molecular formula is C19H32N4O4S. The van der Waals surface area contributed by atoms with Crippen LogP contribution in [0.3, 0.4) is 0 Å². The second-order valence-corrected chi connectivity index (χ2v) is 10.5. The molecule has 1 aliphatic rings. The van der Waals surface area contributed by atoms with Gasteiger partial charge in [0.2, 0.25) is 10.0 Å². The minimum absolute atomic E-state index is 0.0509. The van der Waals surface area contributed by atoms with Gasteiger partial charge < -0.3 is 10.2 Å². The van der Waals surface area contributed by atoms with Crippen molar-refractivity contribution in [2.75, 3.05) is 26.0 Å². The number of nitrogens with one attached hydrogen (secondary N) is 2. The molecule has 0 spiro atoms. The van der Waals surface area contributed by atoms with E-state index in [9.17, 15) is 18.5 Å². The zero-order valence-electron chi connectivity index (χ0n) is 17.4. The Morgan fingerprint density at radius 2 is 1.79 bits per heavy atom. The molecule has 9 heteroatoms. The Bertz CT molecular complexity index is 810. The molecule has 158 valence electrons. The van der Waals surface area contributed by atoms with Gasteiger partial charge in [0.05, 0.1) is 9.82 Å². The van der Waals surface area contributed by atoms with Gasteiger partial charge in [-0.3, -0.25) is 10.1 Å². The van der Waals surface area contributed by atoms with Crippen LogP contribution in [0.5, 0.6) is 0 Å². The maximum Gasteiger partial charge on any atom is 0.293 e. The smallest absolute Gasteiger partial charge is 0.293 e. The average molecular weight is 413 g/mol. The standard InChI is InChI=1S/C19H32N4O4S/c1-18(2,3)21-28(26,27)15-9-10-16(17(13-15)23(24)25)20-14-19(22(4)5)11-7-6-8-12-19/h9-10,13,20-21H,6-8,11-12,14H2,1-5H3. The van der Waals surface area contributed by atoms with E-state index in [2.05, 4.69) is 14.9 Å². The van der Waals surface area contributed by atoms with Crippen molar-refractivity contribution in [2.45, 2.75) is 68.8 Å². The first kappa shape index (κ1) is 22.6. The van der Waals surface area contributed by atoms with Crippen LogP contribution in [0, 0.1) is 10.1 Å². The number of hydrogen-bond acceptors (Lipinski definition) is 6. The minimum Gasteiger partial charge on any atom is -0.378 e. The first-order valence-electron chi connectivity index (χ1n) is 9.60. The number of hydrogen-bond donors (Lipinski definition) is 2. The van der Waals surface area contributed by atoms with Gasteiger partial charge in [0, 0.05) is 23.7 Å². The monoisotopic (exact) mass is 412 g/mol. The molecule has 28 heavy (non-hydrogen) atoms. The van der Waals surface area contributed by atoms with Crippen LogP contribution in [-0.4, -0.2) is 50.0 Å². The third-order valence-electron chi connectivity index (χ3n) is 5.26. The molecule has 1 aromatic rings. The highest BCUT2D eigenvalue weighted by Gasteiger charge is 2.34. The molecule has 8 nitrogen and oxygen atoms in total. The SMILES string of the molecule is CN(C)C1(CNc2ccc(S(=O)(=O)NC(C)(C)C)cc2[N+](=O)[O-])CCCCC1. The lowest BCUT2D eigenvalue weighted by molar-refractivity contribution is -0.384. The molecule has 1 aromatic carbocycles.